The van der Waals surface area contributed by atoms with Gasteiger partial charge >= 0.3 is 0 Å². The monoisotopic (exact) mass is 234 g/mol. The molecule has 1 saturated heterocycles. The molecule has 1 saturated carbocycles. The van der Waals surface area contributed by atoms with E-state index in [2.05, 4.69) is 18.2 Å². The number of aliphatic hydroxyl groups is 1. The minimum absolute atomic E-state index is 0.133. The predicted octanol–water partition coefficient (Wildman–Crippen LogP) is 1.63. The van der Waals surface area contributed by atoms with Crippen molar-refractivity contribution in [3.8, 4) is 0 Å². The summed E-state index contributed by atoms with van der Waals surface area (Å²) in [4.78, 5) is 0. The smallest absolute Gasteiger partial charge is 0.178 e. The molecule has 1 heterocycles. The molecule has 0 amide bonds. The molecule has 0 aromatic rings. The van der Waals surface area contributed by atoms with Gasteiger partial charge < -0.3 is 14.6 Å². The Morgan fingerprint density at radius 3 is 2.82 bits per heavy atom. The maximum absolute atomic E-state index is 10.2. The van der Waals surface area contributed by atoms with Crippen LogP contribution >= 0.6 is 0 Å². The molecule has 3 nitrogen and oxygen atoms in total. The van der Waals surface area contributed by atoms with E-state index < -0.39 is 5.79 Å². The van der Waals surface area contributed by atoms with Gasteiger partial charge in [-0.25, -0.2) is 0 Å². The fourth-order valence-corrected chi connectivity index (χ4v) is 4.34. The second-order valence-corrected chi connectivity index (χ2v) is 5.78. The van der Waals surface area contributed by atoms with Gasteiger partial charge in [-0.2, -0.15) is 0 Å². The fourth-order valence-electron chi connectivity index (χ4n) is 4.34. The van der Waals surface area contributed by atoms with Gasteiger partial charge in [0.1, 0.15) is 0 Å². The molecule has 0 unspecified atom stereocenters. The van der Waals surface area contributed by atoms with Gasteiger partial charge in [-0.3, -0.25) is 0 Å². The van der Waals surface area contributed by atoms with E-state index in [1.165, 1.54) is 0 Å². The van der Waals surface area contributed by atoms with Crippen molar-refractivity contribution in [3.05, 3.63) is 24.3 Å². The van der Waals surface area contributed by atoms with E-state index in [0.29, 0.717) is 19.1 Å². The van der Waals surface area contributed by atoms with Crippen LogP contribution in [0.15, 0.2) is 24.3 Å². The molecule has 5 rings (SSSR count). The summed E-state index contributed by atoms with van der Waals surface area (Å²) in [6.07, 6.45) is 11.2. The number of ether oxygens (including phenoxy) is 2. The molecule has 0 aromatic heterocycles. The third-order valence-corrected chi connectivity index (χ3v) is 5.08. The number of hydrogen-bond donors (Lipinski definition) is 1. The number of hydrogen-bond acceptors (Lipinski definition) is 3. The Kier molecular flexibility index (Phi) is 1.95. The molecule has 4 aliphatic carbocycles. The van der Waals surface area contributed by atoms with Crippen LogP contribution in [0.5, 0.6) is 0 Å². The topological polar surface area (TPSA) is 38.7 Å². The Bertz CT molecular complexity index is 394. The normalized spacial score (nSPS) is 49.8. The first kappa shape index (κ1) is 10.3. The minimum Gasteiger partial charge on any atom is -0.389 e. The molecule has 2 bridgehead atoms. The van der Waals surface area contributed by atoms with Crippen molar-refractivity contribution in [2.24, 2.45) is 17.3 Å². The van der Waals surface area contributed by atoms with E-state index in [1.807, 2.05) is 6.08 Å². The predicted molar refractivity (Wildman–Crippen MR) is 62.2 cm³/mol. The highest BCUT2D eigenvalue weighted by Gasteiger charge is 2.65. The van der Waals surface area contributed by atoms with Crippen LogP contribution in [0.4, 0.5) is 0 Å². The van der Waals surface area contributed by atoms with Crippen LogP contribution in [-0.2, 0) is 9.47 Å². The Morgan fingerprint density at radius 2 is 2.00 bits per heavy atom. The van der Waals surface area contributed by atoms with Crippen molar-refractivity contribution in [2.45, 2.75) is 31.2 Å². The number of rotatable bonds is 0. The lowest BCUT2D eigenvalue weighted by molar-refractivity contribution is -0.277. The zero-order valence-corrected chi connectivity index (χ0v) is 9.84. The number of allylic oxidation sites excluding steroid dienone is 2. The fraction of sp³-hybridized carbons (Fsp3) is 0.714. The first-order valence-electron chi connectivity index (χ1n) is 6.58. The van der Waals surface area contributed by atoms with E-state index in [1.54, 1.807) is 0 Å². The summed E-state index contributed by atoms with van der Waals surface area (Å²) in [5.41, 5.74) is -0.133. The molecule has 1 N–H and O–H groups in total. The SMILES string of the molecule is O[C@@H]1C=CC[C@]23C=C[C@H](C[C@H]12)CC31OCCO1. The maximum atomic E-state index is 10.2. The molecule has 0 radical (unpaired) electrons. The van der Waals surface area contributed by atoms with Gasteiger partial charge in [0, 0.05) is 12.3 Å². The lowest BCUT2D eigenvalue weighted by Crippen LogP contribution is -2.62. The van der Waals surface area contributed by atoms with E-state index in [4.69, 9.17) is 9.47 Å². The maximum Gasteiger partial charge on any atom is 0.178 e. The van der Waals surface area contributed by atoms with Gasteiger partial charge in [0.15, 0.2) is 5.79 Å². The standard InChI is InChI=1S/C14H18O3/c15-12-2-1-4-13-5-3-10(8-11(12)13)9-14(13)16-6-7-17-14/h1-3,5,10-12,15H,4,6-9H2/t10-,11-,12-,13+/m1/s1. The summed E-state index contributed by atoms with van der Waals surface area (Å²) in [6, 6.07) is 0. The van der Waals surface area contributed by atoms with Crippen molar-refractivity contribution in [2.75, 3.05) is 13.2 Å². The van der Waals surface area contributed by atoms with Crippen molar-refractivity contribution >= 4 is 0 Å². The molecule has 1 aliphatic heterocycles. The van der Waals surface area contributed by atoms with Gasteiger partial charge in [0.05, 0.1) is 24.7 Å². The van der Waals surface area contributed by atoms with Gasteiger partial charge in [-0.15, -0.1) is 0 Å². The van der Waals surface area contributed by atoms with Crippen LogP contribution < -0.4 is 0 Å². The van der Waals surface area contributed by atoms with Gasteiger partial charge in [0.25, 0.3) is 0 Å². The summed E-state index contributed by atoms with van der Waals surface area (Å²) in [5, 5.41) is 10.2. The van der Waals surface area contributed by atoms with Crippen molar-refractivity contribution < 1.29 is 14.6 Å². The molecule has 2 fully saturated rings. The van der Waals surface area contributed by atoms with Crippen molar-refractivity contribution in [3.63, 3.8) is 0 Å². The van der Waals surface area contributed by atoms with E-state index >= 15 is 0 Å². The minimum atomic E-state index is -0.457. The van der Waals surface area contributed by atoms with Crippen molar-refractivity contribution in [1.82, 2.24) is 0 Å². The quantitative estimate of drug-likeness (QED) is 0.647. The van der Waals surface area contributed by atoms with Crippen LogP contribution in [0, 0.1) is 17.3 Å². The van der Waals surface area contributed by atoms with E-state index in [0.717, 1.165) is 19.3 Å². The highest BCUT2D eigenvalue weighted by Crippen LogP contribution is 2.62. The van der Waals surface area contributed by atoms with Gasteiger partial charge in [-0.05, 0) is 18.8 Å². The highest BCUT2D eigenvalue weighted by atomic mass is 16.7. The Balaban J connectivity index is 1.86. The Hall–Kier alpha value is -0.640. The Labute approximate surface area is 101 Å². The highest BCUT2D eigenvalue weighted by molar-refractivity contribution is 5.28. The van der Waals surface area contributed by atoms with Crippen LogP contribution in [0.2, 0.25) is 0 Å². The largest absolute Gasteiger partial charge is 0.389 e. The lowest BCUT2D eigenvalue weighted by Gasteiger charge is -2.59. The van der Waals surface area contributed by atoms with Crippen LogP contribution in [0.25, 0.3) is 0 Å². The summed E-state index contributed by atoms with van der Waals surface area (Å²) < 4.78 is 12.0. The average molecular weight is 234 g/mol. The third-order valence-electron chi connectivity index (χ3n) is 5.08. The number of aliphatic hydroxyl groups excluding tert-OH is 1. The molecule has 17 heavy (non-hydrogen) atoms. The summed E-state index contributed by atoms with van der Waals surface area (Å²) in [6.45, 7) is 1.38. The van der Waals surface area contributed by atoms with Crippen molar-refractivity contribution in [1.29, 1.82) is 0 Å². The third kappa shape index (κ3) is 1.13. The van der Waals surface area contributed by atoms with Crippen LogP contribution in [0.3, 0.4) is 0 Å². The molecule has 0 aromatic carbocycles. The average Bonchev–Trinajstić information content (AvgIpc) is 2.79. The van der Waals surface area contributed by atoms with Crippen LogP contribution in [-0.4, -0.2) is 30.2 Å². The molecular formula is C14H18O3. The second-order valence-electron chi connectivity index (χ2n) is 5.78. The van der Waals surface area contributed by atoms with E-state index in [-0.39, 0.29) is 17.4 Å². The molecule has 3 heteroatoms. The van der Waals surface area contributed by atoms with Gasteiger partial charge in [-0.1, -0.05) is 24.3 Å². The first-order valence-corrected chi connectivity index (χ1v) is 6.58. The summed E-state index contributed by atoms with van der Waals surface area (Å²) in [7, 11) is 0. The van der Waals surface area contributed by atoms with Crippen LogP contribution in [0.1, 0.15) is 19.3 Å². The Morgan fingerprint density at radius 1 is 1.18 bits per heavy atom. The molecule has 4 atom stereocenters. The second kappa shape index (κ2) is 3.22. The summed E-state index contributed by atoms with van der Waals surface area (Å²) >= 11 is 0. The zero-order chi connectivity index (χ0) is 11.5. The summed E-state index contributed by atoms with van der Waals surface area (Å²) in [5.74, 6) is 0.302. The molecule has 2 spiro atoms. The molecule has 5 aliphatic rings. The lowest BCUT2D eigenvalue weighted by atomic mass is 9.51. The van der Waals surface area contributed by atoms with Gasteiger partial charge in [0.2, 0.25) is 0 Å². The first-order chi connectivity index (χ1) is 8.26. The van der Waals surface area contributed by atoms with E-state index in [9.17, 15) is 5.11 Å². The molecular weight excluding hydrogens is 216 g/mol. The molecule has 92 valence electrons. The zero-order valence-electron chi connectivity index (χ0n) is 9.84.